The van der Waals surface area contributed by atoms with Gasteiger partial charge in [0.05, 0.1) is 17.1 Å². The normalized spacial score (nSPS) is 13.5. The van der Waals surface area contributed by atoms with Crippen LogP contribution in [0.1, 0.15) is 37.7 Å². The summed E-state index contributed by atoms with van der Waals surface area (Å²) in [5, 5.41) is 9.18. The number of hydrogen-bond donors (Lipinski definition) is 1. The standard InChI is InChI=1S/C17H27N3O/c1-12(2)16(19(4)5)17-18-14-11-13(3)7-8-15(14)20(17)9-6-10-21/h7-8,11-12,16,21H,6,9-10H2,1-5H3. The Labute approximate surface area is 127 Å². The number of rotatable bonds is 6. The molecular weight excluding hydrogens is 262 g/mol. The second-order valence-electron chi connectivity index (χ2n) is 6.34. The van der Waals surface area contributed by atoms with Gasteiger partial charge in [-0.25, -0.2) is 4.98 Å². The third-order valence-corrected chi connectivity index (χ3v) is 3.93. The molecule has 0 amide bonds. The molecule has 0 saturated carbocycles. The quantitative estimate of drug-likeness (QED) is 0.889. The first-order valence-corrected chi connectivity index (χ1v) is 7.69. The Hall–Kier alpha value is -1.39. The molecule has 0 aliphatic heterocycles. The van der Waals surface area contributed by atoms with E-state index in [0.717, 1.165) is 29.8 Å². The van der Waals surface area contributed by atoms with Gasteiger partial charge in [-0.1, -0.05) is 19.9 Å². The van der Waals surface area contributed by atoms with Gasteiger partial charge in [-0.3, -0.25) is 4.90 Å². The maximum Gasteiger partial charge on any atom is 0.127 e. The van der Waals surface area contributed by atoms with Crippen molar-refractivity contribution in [3.8, 4) is 0 Å². The van der Waals surface area contributed by atoms with Gasteiger partial charge in [0.2, 0.25) is 0 Å². The van der Waals surface area contributed by atoms with Crippen LogP contribution in [0.4, 0.5) is 0 Å². The third-order valence-electron chi connectivity index (χ3n) is 3.93. The van der Waals surface area contributed by atoms with Crippen LogP contribution in [0.5, 0.6) is 0 Å². The molecular formula is C17H27N3O. The smallest absolute Gasteiger partial charge is 0.127 e. The summed E-state index contributed by atoms with van der Waals surface area (Å²) in [7, 11) is 4.21. The van der Waals surface area contributed by atoms with Gasteiger partial charge < -0.3 is 9.67 Å². The summed E-state index contributed by atoms with van der Waals surface area (Å²) in [4.78, 5) is 7.14. The van der Waals surface area contributed by atoms with Gasteiger partial charge in [0, 0.05) is 13.2 Å². The first-order chi connectivity index (χ1) is 9.95. The van der Waals surface area contributed by atoms with Crippen molar-refractivity contribution in [2.45, 2.75) is 39.8 Å². The monoisotopic (exact) mass is 289 g/mol. The number of aryl methyl sites for hydroxylation is 2. The van der Waals surface area contributed by atoms with Crippen molar-refractivity contribution in [1.82, 2.24) is 14.5 Å². The number of nitrogens with zero attached hydrogens (tertiary/aromatic N) is 3. The Kier molecular flexibility index (Phi) is 5.01. The van der Waals surface area contributed by atoms with Crippen molar-refractivity contribution in [3.05, 3.63) is 29.6 Å². The lowest BCUT2D eigenvalue weighted by molar-refractivity contribution is 0.216. The van der Waals surface area contributed by atoms with E-state index in [1.807, 2.05) is 0 Å². The molecule has 2 rings (SSSR count). The Bertz CT molecular complexity index is 593. The van der Waals surface area contributed by atoms with Gasteiger partial charge in [-0.2, -0.15) is 0 Å². The van der Waals surface area contributed by atoms with Crippen LogP contribution in [0, 0.1) is 12.8 Å². The highest BCUT2D eigenvalue weighted by Gasteiger charge is 2.24. The summed E-state index contributed by atoms with van der Waals surface area (Å²) in [6.07, 6.45) is 0.755. The summed E-state index contributed by atoms with van der Waals surface area (Å²) in [6, 6.07) is 6.69. The predicted molar refractivity (Wildman–Crippen MR) is 87.4 cm³/mol. The molecule has 0 radical (unpaired) electrons. The molecule has 0 bridgehead atoms. The van der Waals surface area contributed by atoms with E-state index in [0.29, 0.717) is 5.92 Å². The number of aromatic nitrogens is 2. The van der Waals surface area contributed by atoms with Crippen molar-refractivity contribution in [2.24, 2.45) is 5.92 Å². The summed E-state index contributed by atoms with van der Waals surface area (Å²) in [6.45, 7) is 7.57. The van der Waals surface area contributed by atoms with E-state index in [2.05, 4.69) is 62.5 Å². The Balaban J connectivity index is 2.59. The highest BCUT2D eigenvalue weighted by atomic mass is 16.3. The number of hydrogen-bond acceptors (Lipinski definition) is 3. The van der Waals surface area contributed by atoms with Crippen LogP contribution < -0.4 is 0 Å². The Morgan fingerprint density at radius 1 is 1.29 bits per heavy atom. The van der Waals surface area contributed by atoms with E-state index < -0.39 is 0 Å². The lowest BCUT2D eigenvalue weighted by atomic mass is 10.0. The molecule has 0 aliphatic rings. The SMILES string of the molecule is Cc1ccc2c(c1)nc(C(C(C)C)N(C)C)n2CCCO. The van der Waals surface area contributed by atoms with Crippen molar-refractivity contribution >= 4 is 11.0 Å². The van der Waals surface area contributed by atoms with Crippen molar-refractivity contribution in [3.63, 3.8) is 0 Å². The Morgan fingerprint density at radius 2 is 2.00 bits per heavy atom. The van der Waals surface area contributed by atoms with Crippen molar-refractivity contribution in [1.29, 1.82) is 0 Å². The van der Waals surface area contributed by atoms with Gasteiger partial charge >= 0.3 is 0 Å². The minimum atomic E-state index is 0.208. The number of aliphatic hydroxyl groups is 1. The number of benzene rings is 1. The number of aliphatic hydroxyl groups excluding tert-OH is 1. The molecule has 0 aliphatic carbocycles. The van der Waals surface area contributed by atoms with Crippen LogP contribution in [0.2, 0.25) is 0 Å². The van der Waals surface area contributed by atoms with E-state index in [-0.39, 0.29) is 12.6 Å². The molecule has 1 aromatic carbocycles. The fourth-order valence-corrected chi connectivity index (χ4v) is 3.07. The maximum absolute atomic E-state index is 9.18. The molecule has 21 heavy (non-hydrogen) atoms. The van der Waals surface area contributed by atoms with Crippen LogP contribution in [0.3, 0.4) is 0 Å². The topological polar surface area (TPSA) is 41.3 Å². The molecule has 116 valence electrons. The van der Waals surface area contributed by atoms with E-state index >= 15 is 0 Å². The van der Waals surface area contributed by atoms with Crippen LogP contribution in [0.15, 0.2) is 18.2 Å². The zero-order chi connectivity index (χ0) is 15.6. The summed E-state index contributed by atoms with van der Waals surface area (Å²) in [5.41, 5.74) is 3.44. The van der Waals surface area contributed by atoms with Crippen LogP contribution in [-0.2, 0) is 6.54 Å². The van der Waals surface area contributed by atoms with Gasteiger partial charge in [-0.05, 0) is 51.1 Å². The van der Waals surface area contributed by atoms with Crippen molar-refractivity contribution < 1.29 is 5.11 Å². The minimum Gasteiger partial charge on any atom is -0.396 e. The average molecular weight is 289 g/mol. The van der Waals surface area contributed by atoms with Gasteiger partial charge in [0.15, 0.2) is 0 Å². The zero-order valence-electron chi connectivity index (χ0n) is 13.8. The maximum atomic E-state index is 9.18. The lowest BCUT2D eigenvalue weighted by Gasteiger charge is -2.28. The fourth-order valence-electron chi connectivity index (χ4n) is 3.07. The zero-order valence-corrected chi connectivity index (χ0v) is 13.8. The van der Waals surface area contributed by atoms with Crippen LogP contribution >= 0.6 is 0 Å². The van der Waals surface area contributed by atoms with E-state index in [4.69, 9.17) is 4.98 Å². The summed E-state index contributed by atoms with van der Waals surface area (Å²) in [5.74, 6) is 1.58. The second kappa shape index (κ2) is 6.58. The number of imidazole rings is 1. The van der Waals surface area contributed by atoms with Gasteiger partial charge in [0.1, 0.15) is 5.82 Å². The summed E-state index contributed by atoms with van der Waals surface area (Å²) < 4.78 is 2.27. The Morgan fingerprint density at radius 3 is 2.57 bits per heavy atom. The first kappa shape index (κ1) is 16.0. The van der Waals surface area contributed by atoms with E-state index in [1.165, 1.54) is 5.56 Å². The lowest BCUT2D eigenvalue weighted by Crippen LogP contribution is -2.27. The third kappa shape index (κ3) is 3.27. The van der Waals surface area contributed by atoms with Crippen molar-refractivity contribution in [2.75, 3.05) is 20.7 Å². The van der Waals surface area contributed by atoms with E-state index in [9.17, 15) is 5.11 Å². The largest absolute Gasteiger partial charge is 0.396 e. The molecule has 0 spiro atoms. The second-order valence-corrected chi connectivity index (χ2v) is 6.34. The summed E-state index contributed by atoms with van der Waals surface area (Å²) >= 11 is 0. The van der Waals surface area contributed by atoms with Gasteiger partial charge in [0.25, 0.3) is 0 Å². The molecule has 1 unspecified atom stereocenters. The van der Waals surface area contributed by atoms with Crippen LogP contribution in [-0.4, -0.2) is 40.3 Å². The number of fused-ring (bicyclic) bond motifs is 1. The van der Waals surface area contributed by atoms with Crippen LogP contribution in [0.25, 0.3) is 11.0 Å². The highest BCUT2D eigenvalue weighted by Crippen LogP contribution is 2.29. The molecule has 0 fully saturated rings. The first-order valence-electron chi connectivity index (χ1n) is 7.69. The predicted octanol–water partition coefficient (Wildman–Crippen LogP) is 2.99. The molecule has 4 nitrogen and oxygen atoms in total. The molecule has 0 saturated heterocycles. The molecule has 1 aromatic heterocycles. The van der Waals surface area contributed by atoms with E-state index in [1.54, 1.807) is 0 Å². The highest BCUT2D eigenvalue weighted by molar-refractivity contribution is 5.77. The van der Waals surface area contributed by atoms with Gasteiger partial charge in [-0.15, -0.1) is 0 Å². The minimum absolute atomic E-state index is 0.208. The molecule has 2 aromatic rings. The molecule has 1 N–H and O–H groups in total. The molecule has 4 heteroatoms. The average Bonchev–Trinajstić information content (AvgIpc) is 2.72. The molecule has 1 heterocycles. The fraction of sp³-hybridized carbons (Fsp3) is 0.588. The molecule has 1 atom stereocenters.